The summed E-state index contributed by atoms with van der Waals surface area (Å²) < 4.78 is 14.2. The molecule has 0 aliphatic carbocycles. The predicted molar refractivity (Wildman–Crippen MR) is 58.0 cm³/mol. The lowest BCUT2D eigenvalue weighted by Crippen LogP contribution is -1.83. The largest absolute Gasteiger partial charge is 0.398 e. The normalized spacial score (nSPS) is 10.9. The number of thioether (sulfide) groups is 1. The van der Waals surface area contributed by atoms with Crippen LogP contribution < -0.4 is 5.73 Å². The first-order valence-electron chi connectivity index (χ1n) is 3.72. The van der Waals surface area contributed by atoms with Gasteiger partial charge < -0.3 is 5.73 Å². The van der Waals surface area contributed by atoms with E-state index < -0.39 is 0 Å². The maximum atomic E-state index is 13.3. The van der Waals surface area contributed by atoms with E-state index in [9.17, 15) is 4.39 Å². The number of halogens is 1. The van der Waals surface area contributed by atoms with E-state index in [1.165, 1.54) is 23.1 Å². The Hall–Kier alpha value is -0.740. The van der Waals surface area contributed by atoms with E-state index in [0.29, 0.717) is 4.90 Å². The number of thiophene rings is 1. The predicted octanol–water partition coefficient (Wildman–Crippen LogP) is 3.34. The van der Waals surface area contributed by atoms with E-state index in [-0.39, 0.29) is 5.82 Å². The maximum absolute atomic E-state index is 13.3. The van der Waals surface area contributed by atoms with Gasteiger partial charge in [0.25, 0.3) is 0 Å². The minimum absolute atomic E-state index is 0.165. The van der Waals surface area contributed by atoms with Gasteiger partial charge in [0.15, 0.2) is 0 Å². The molecule has 0 atom stereocenters. The zero-order valence-corrected chi connectivity index (χ0v) is 8.64. The Morgan fingerprint density at radius 2 is 2.23 bits per heavy atom. The van der Waals surface area contributed by atoms with E-state index in [2.05, 4.69) is 0 Å². The summed E-state index contributed by atoms with van der Waals surface area (Å²) in [5.41, 5.74) is 6.46. The molecule has 0 fully saturated rings. The molecule has 0 radical (unpaired) electrons. The number of nitrogen functional groups attached to an aromatic ring is 1. The van der Waals surface area contributed by atoms with Crippen molar-refractivity contribution < 1.29 is 4.39 Å². The van der Waals surface area contributed by atoms with Crippen LogP contribution in [0.25, 0.3) is 10.1 Å². The highest BCUT2D eigenvalue weighted by Crippen LogP contribution is 2.32. The van der Waals surface area contributed by atoms with Gasteiger partial charge >= 0.3 is 0 Å². The van der Waals surface area contributed by atoms with Gasteiger partial charge in [0, 0.05) is 20.4 Å². The zero-order valence-electron chi connectivity index (χ0n) is 7.00. The minimum atomic E-state index is -0.165. The van der Waals surface area contributed by atoms with E-state index in [4.69, 9.17) is 5.73 Å². The number of fused-ring (bicyclic) bond motifs is 1. The molecule has 2 rings (SSSR count). The number of hydrogen-bond acceptors (Lipinski definition) is 3. The summed E-state index contributed by atoms with van der Waals surface area (Å²) >= 11 is 2.87. The molecule has 0 amide bonds. The van der Waals surface area contributed by atoms with Gasteiger partial charge in [-0.05, 0) is 18.4 Å². The Balaban J connectivity index is 2.77. The van der Waals surface area contributed by atoms with Gasteiger partial charge in [0.05, 0.1) is 5.69 Å². The quantitative estimate of drug-likeness (QED) is 0.735. The third-order valence-corrected chi connectivity index (χ3v) is 3.59. The van der Waals surface area contributed by atoms with Gasteiger partial charge in [-0.15, -0.1) is 23.1 Å². The fraction of sp³-hybridized carbons (Fsp3) is 0.111. The molecule has 13 heavy (non-hydrogen) atoms. The van der Waals surface area contributed by atoms with Crippen LogP contribution in [0.15, 0.2) is 22.4 Å². The lowest BCUT2D eigenvalue weighted by molar-refractivity contribution is 0.605. The van der Waals surface area contributed by atoms with Gasteiger partial charge in [-0.25, -0.2) is 4.39 Å². The second-order valence-corrected chi connectivity index (χ2v) is 4.43. The molecule has 1 heterocycles. The minimum Gasteiger partial charge on any atom is -0.398 e. The summed E-state index contributed by atoms with van der Waals surface area (Å²) in [6.07, 6.45) is 1.85. The van der Waals surface area contributed by atoms with E-state index in [1.54, 1.807) is 12.1 Å². The Bertz CT molecular complexity index is 450. The van der Waals surface area contributed by atoms with Crippen LogP contribution >= 0.6 is 23.1 Å². The van der Waals surface area contributed by atoms with Gasteiger partial charge in [-0.3, -0.25) is 0 Å². The van der Waals surface area contributed by atoms with Crippen LogP contribution in [0.5, 0.6) is 0 Å². The number of nitrogens with two attached hydrogens (primary N) is 1. The number of rotatable bonds is 1. The summed E-state index contributed by atoms with van der Waals surface area (Å²) in [4.78, 5) is 0.651. The monoisotopic (exact) mass is 213 g/mol. The fourth-order valence-electron chi connectivity index (χ4n) is 1.21. The van der Waals surface area contributed by atoms with Crippen LogP contribution in [-0.2, 0) is 0 Å². The molecule has 2 aromatic rings. The first-order chi connectivity index (χ1) is 6.22. The number of benzene rings is 1. The van der Waals surface area contributed by atoms with Crippen molar-refractivity contribution in [2.75, 3.05) is 12.0 Å². The Kier molecular flexibility index (Phi) is 2.17. The van der Waals surface area contributed by atoms with E-state index in [0.717, 1.165) is 15.8 Å². The molecule has 0 bridgehead atoms. The highest BCUT2D eigenvalue weighted by Gasteiger charge is 2.06. The molecule has 1 aromatic heterocycles. The maximum Gasteiger partial charge on any atom is 0.138 e. The Labute approximate surface area is 83.7 Å². The lowest BCUT2D eigenvalue weighted by Gasteiger charge is -1.99. The SMILES string of the molecule is CSc1cc2c(N)csc2cc1F. The van der Waals surface area contributed by atoms with Gasteiger partial charge in [-0.2, -0.15) is 0 Å². The van der Waals surface area contributed by atoms with Crippen molar-refractivity contribution in [3.63, 3.8) is 0 Å². The Morgan fingerprint density at radius 1 is 1.46 bits per heavy atom. The van der Waals surface area contributed by atoms with Crippen molar-refractivity contribution in [1.29, 1.82) is 0 Å². The molecule has 1 nitrogen and oxygen atoms in total. The summed E-state index contributed by atoms with van der Waals surface area (Å²) in [5.74, 6) is -0.165. The summed E-state index contributed by atoms with van der Waals surface area (Å²) in [6.45, 7) is 0. The molecule has 0 saturated heterocycles. The molecule has 0 unspecified atom stereocenters. The molecule has 0 aliphatic heterocycles. The number of anilines is 1. The van der Waals surface area contributed by atoms with Gasteiger partial charge in [0.1, 0.15) is 5.82 Å². The molecule has 0 saturated carbocycles. The second kappa shape index (κ2) is 3.20. The molecule has 2 N–H and O–H groups in total. The molecule has 0 aliphatic rings. The second-order valence-electron chi connectivity index (χ2n) is 2.67. The van der Waals surface area contributed by atoms with Crippen molar-refractivity contribution in [2.45, 2.75) is 4.90 Å². The third kappa shape index (κ3) is 1.40. The average Bonchev–Trinajstić information content (AvgIpc) is 2.46. The highest BCUT2D eigenvalue weighted by molar-refractivity contribution is 7.98. The molecular formula is C9H8FNS2. The van der Waals surface area contributed by atoms with Gasteiger partial charge in [-0.1, -0.05) is 0 Å². The van der Waals surface area contributed by atoms with Crippen molar-refractivity contribution in [1.82, 2.24) is 0 Å². The van der Waals surface area contributed by atoms with Crippen LogP contribution in [0.2, 0.25) is 0 Å². The van der Waals surface area contributed by atoms with Crippen LogP contribution in [-0.4, -0.2) is 6.26 Å². The Morgan fingerprint density at radius 3 is 2.92 bits per heavy atom. The molecule has 4 heteroatoms. The number of hydrogen-bond donors (Lipinski definition) is 1. The first-order valence-corrected chi connectivity index (χ1v) is 5.83. The molecule has 1 aromatic carbocycles. The van der Waals surface area contributed by atoms with Crippen LogP contribution in [0.4, 0.5) is 10.1 Å². The van der Waals surface area contributed by atoms with E-state index >= 15 is 0 Å². The first kappa shape index (κ1) is 8.84. The van der Waals surface area contributed by atoms with Crippen molar-refractivity contribution in [3.8, 4) is 0 Å². The summed E-state index contributed by atoms with van der Waals surface area (Å²) in [7, 11) is 0. The van der Waals surface area contributed by atoms with Gasteiger partial charge in [0.2, 0.25) is 0 Å². The molecule has 0 spiro atoms. The van der Waals surface area contributed by atoms with Crippen molar-refractivity contribution >= 4 is 38.9 Å². The van der Waals surface area contributed by atoms with E-state index in [1.807, 2.05) is 11.6 Å². The van der Waals surface area contributed by atoms with Crippen LogP contribution in [0.3, 0.4) is 0 Å². The van der Waals surface area contributed by atoms with Crippen LogP contribution in [0.1, 0.15) is 0 Å². The fourth-order valence-corrected chi connectivity index (χ4v) is 2.55. The smallest absolute Gasteiger partial charge is 0.138 e. The average molecular weight is 213 g/mol. The molecular weight excluding hydrogens is 205 g/mol. The third-order valence-electron chi connectivity index (χ3n) is 1.88. The van der Waals surface area contributed by atoms with Crippen molar-refractivity contribution in [3.05, 3.63) is 23.3 Å². The summed E-state index contributed by atoms with van der Waals surface area (Å²) in [5, 5.41) is 2.80. The topological polar surface area (TPSA) is 26.0 Å². The van der Waals surface area contributed by atoms with Crippen LogP contribution in [0, 0.1) is 5.82 Å². The van der Waals surface area contributed by atoms with Crippen molar-refractivity contribution in [2.24, 2.45) is 0 Å². The standard InChI is InChI=1S/C9H8FNS2/c1-12-9-2-5-7(11)4-13-8(5)3-6(9)10/h2-4H,11H2,1H3. The molecule has 68 valence electrons. The zero-order chi connectivity index (χ0) is 9.42. The summed E-state index contributed by atoms with van der Waals surface area (Å²) in [6, 6.07) is 3.35. The lowest BCUT2D eigenvalue weighted by atomic mass is 10.2. The highest BCUT2D eigenvalue weighted by atomic mass is 32.2.